The van der Waals surface area contributed by atoms with Crippen molar-refractivity contribution in [2.24, 2.45) is 5.92 Å². The Labute approximate surface area is 142 Å². The van der Waals surface area contributed by atoms with Crippen LogP contribution >= 0.6 is 0 Å². The molecule has 2 heterocycles. The van der Waals surface area contributed by atoms with E-state index in [1.807, 2.05) is 6.92 Å². The summed E-state index contributed by atoms with van der Waals surface area (Å²) in [5.74, 6) is 1.14. The summed E-state index contributed by atoms with van der Waals surface area (Å²) < 4.78 is 5.04. The monoisotopic (exact) mass is 332 g/mol. The number of nitrogens with zero attached hydrogens (tertiary/aromatic N) is 4. The van der Waals surface area contributed by atoms with Gasteiger partial charge in [-0.2, -0.15) is 0 Å². The molecule has 0 aromatic carbocycles. The molecule has 1 fully saturated rings. The summed E-state index contributed by atoms with van der Waals surface area (Å²) >= 11 is 0. The number of carbonyl (C=O) groups is 2. The smallest absolute Gasteiger partial charge is 0.409 e. The van der Waals surface area contributed by atoms with Crippen LogP contribution in [0.25, 0.3) is 0 Å². The molecule has 1 amide bonds. The van der Waals surface area contributed by atoms with Gasteiger partial charge in [-0.25, -0.2) is 14.8 Å². The van der Waals surface area contributed by atoms with E-state index in [4.69, 9.17) is 4.74 Å². The van der Waals surface area contributed by atoms with Gasteiger partial charge in [-0.15, -0.1) is 0 Å². The van der Waals surface area contributed by atoms with E-state index in [2.05, 4.69) is 21.8 Å². The van der Waals surface area contributed by atoms with Gasteiger partial charge in [0.15, 0.2) is 5.78 Å². The first-order valence-electron chi connectivity index (χ1n) is 8.57. The maximum atomic E-state index is 12.2. The Balaban J connectivity index is 1.75. The first-order valence-corrected chi connectivity index (χ1v) is 8.57. The molecular weight excluding hydrogens is 308 g/mol. The van der Waals surface area contributed by atoms with Crippen LogP contribution in [0.1, 0.15) is 42.0 Å². The molecule has 0 bridgehead atoms. The summed E-state index contributed by atoms with van der Waals surface area (Å²) in [5, 5.41) is 0. The Morgan fingerprint density at radius 2 is 1.92 bits per heavy atom. The number of carbonyl (C=O) groups excluding carboxylic acids is 2. The fraction of sp³-hybridized carbons (Fsp3) is 0.647. The third kappa shape index (κ3) is 3.20. The average molecular weight is 332 g/mol. The number of aryl methyl sites for hydroxylation is 1. The van der Waals surface area contributed by atoms with E-state index in [-0.39, 0.29) is 11.9 Å². The Kier molecular flexibility index (Phi) is 4.69. The van der Waals surface area contributed by atoms with Gasteiger partial charge in [0.05, 0.1) is 23.6 Å². The largest absolute Gasteiger partial charge is 0.450 e. The van der Waals surface area contributed by atoms with Gasteiger partial charge in [-0.1, -0.05) is 6.92 Å². The summed E-state index contributed by atoms with van der Waals surface area (Å²) in [7, 11) is 0. The van der Waals surface area contributed by atoms with Gasteiger partial charge >= 0.3 is 6.09 Å². The molecule has 1 aliphatic heterocycles. The molecule has 0 unspecified atom stereocenters. The molecule has 0 saturated carbocycles. The zero-order valence-corrected chi connectivity index (χ0v) is 14.5. The molecule has 130 valence electrons. The predicted octanol–water partition coefficient (Wildman–Crippen LogP) is 1.83. The Morgan fingerprint density at radius 1 is 1.21 bits per heavy atom. The van der Waals surface area contributed by atoms with Gasteiger partial charge in [0.1, 0.15) is 0 Å². The maximum Gasteiger partial charge on any atom is 0.409 e. The molecule has 0 spiro atoms. The minimum atomic E-state index is -0.265. The van der Waals surface area contributed by atoms with E-state index in [9.17, 15) is 9.59 Å². The van der Waals surface area contributed by atoms with Crippen molar-refractivity contribution in [3.05, 3.63) is 17.0 Å². The molecule has 1 atom stereocenters. The minimum Gasteiger partial charge on any atom is -0.450 e. The fourth-order valence-electron chi connectivity index (χ4n) is 3.39. The molecule has 1 saturated heterocycles. The number of rotatable bonds is 2. The van der Waals surface area contributed by atoms with Crippen LogP contribution in [0.4, 0.5) is 10.7 Å². The summed E-state index contributed by atoms with van der Waals surface area (Å²) in [6.07, 6.45) is 1.13. The number of hydrogen-bond donors (Lipinski definition) is 0. The summed E-state index contributed by atoms with van der Waals surface area (Å²) in [6, 6.07) is 0. The Bertz CT molecular complexity index is 653. The normalized spacial score (nSPS) is 20.8. The SMILES string of the molecule is CCOC(=O)N1CCN(c2nc(C)c3c(n2)C[C@H](C)CC3=O)CC1. The van der Waals surface area contributed by atoms with Crippen molar-refractivity contribution in [3.8, 4) is 0 Å². The molecule has 7 heteroatoms. The first kappa shape index (κ1) is 16.7. The number of Topliss-reactive ketones (excluding diaryl/α,β-unsaturated/α-hetero) is 1. The quantitative estimate of drug-likeness (QED) is 0.822. The summed E-state index contributed by atoms with van der Waals surface area (Å²) in [5.41, 5.74) is 2.34. The highest BCUT2D eigenvalue weighted by Gasteiger charge is 2.29. The molecule has 1 aromatic rings. The average Bonchev–Trinajstić information content (AvgIpc) is 2.54. The van der Waals surface area contributed by atoms with Crippen molar-refractivity contribution >= 4 is 17.8 Å². The zero-order valence-electron chi connectivity index (χ0n) is 14.5. The number of aromatic nitrogens is 2. The Morgan fingerprint density at radius 3 is 2.58 bits per heavy atom. The van der Waals surface area contributed by atoms with E-state index in [0.29, 0.717) is 56.6 Å². The minimum absolute atomic E-state index is 0.153. The van der Waals surface area contributed by atoms with E-state index in [1.165, 1.54) is 0 Å². The number of piperazine rings is 1. The highest BCUT2D eigenvalue weighted by atomic mass is 16.6. The second-order valence-electron chi connectivity index (χ2n) is 6.54. The van der Waals surface area contributed by atoms with Crippen LogP contribution in [0.3, 0.4) is 0 Å². The number of amides is 1. The van der Waals surface area contributed by atoms with Gasteiger partial charge in [0, 0.05) is 32.6 Å². The van der Waals surface area contributed by atoms with Crippen LogP contribution in [0, 0.1) is 12.8 Å². The summed E-state index contributed by atoms with van der Waals surface area (Å²) in [4.78, 5) is 37.0. The summed E-state index contributed by atoms with van der Waals surface area (Å²) in [6.45, 7) is 8.67. The zero-order chi connectivity index (χ0) is 17.3. The molecule has 24 heavy (non-hydrogen) atoms. The van der Waals surface area contributed by atoms with Crippen molar-refractivity contribution in [1.29, 1.82) is 0 Å². The lowest BCUT2D eigenvalue weighted by Crippen LogP contribution is -2.49. The molecule has 3 rings (SSSR count). The van der Waals surface area contributed by atoms with E-state index in [1.54, 1.807) is 11.8 Å². The van der Waals surface area contributed by atoms with Gasteiger partial charge in [-0.05, 0) is 26.2 Å². The molecular formula is C17H24N4O3. The molecule has 0 N–H and O–H groups in total. The van der Waals surface area contributed by atoms with Crippen LogP contribution in [0.2, 0.25) is 0 Å². The van der Waals surface area contributed by atoms with Gasteiger partial charge in [0.2, 0.25) is 5.95 Å². The topological polar surface area (TPSA) is 75.6 Å². The number of ketones is 1. The van der Waals surface area contributed by atoms with E-state index < -0.39 is 0 Å². The van der Waals surface area contributed by atoms with Gasteiger partial charge < -0.3 is 14.5 Å². The fourth-order valence-corrected chi connectivity index (χ4v) is 3.39. The lowest BCUT2D eigenvalue weighted by Gasteiger charge is -2.34. The first-order chi connectivity index (χ1) is 11.5. The van der Waals surface area contributed by atoms with Crippen LogP contribution in [0.15, 0.2) is 0 Å². The van der Waals surface area contributed by atoms with Crippen LogP contribution in [-0.4, -0.2) is 59.5 Å². The van der Waals surface area contributed by atoms with Gasteiger partial charge in [0.25, 0.3) is 0 Å². The number of anilines is 1. The second-order valence-corrected chi connectivity index (χ2v) is 6.54. The molecule has 0 radical (unpaired) electrons. The second kappa shape index (κ2) is 6.75. The van der Waals surface area contributed by atoms with Crippen molar-refractivity contribution < 1.29 is 14.3 Å². The standard InChI is InChI=1S/C17H24N4O3/c1-4-24-17(23)21-7-5-20(6-8-21)16-18-12(3)15-13(19-16)9-11(2)10-14(15)22/h11H,4-10H2,1-3H3/t11-/m0/s1. The van der Waals surface area contributed by atoms with E-state index in [0.717, 1.165) is 17.8 Å². The predicted molar refractivity (Wildman–Crippen MR) is 89.4 cm³/mol. The molecule has 7 nitrogen and oxygen atoms in total. The van der Waals surface area contributed by atoms with Crippen molar-refractivity contribution in [1.82, 2.24) is 14.9 Å². The number of fused-ring (bicyclic) bond motifs is 1. The van der Waals surface area contributed by atoms with Crippen LogP contribution < -0.4 is 4.90 Å². The third-order valence-electron chi connectivity index (χ3n) is 4.60. The number of hydrogen-bond acceptors (Lipinski definition) is 6. The van der Waals surface area contributed by atoms with Crippen LogP contribution in [-0.2, 0) is 11.2 Å². The van der Waals surface area contributed by atoms with Crippen molar-refractivity contribution in [3.63, 3.8) is 0 Å². The highest BCUT2D eigenvalue weighted by Crippen LogP contribution is 2.27. The Hall–Kier alpha value is -2.18. The van der Waals surface area contributed by atoms with Crippen molar-refractivity contribution in [2.45, 2.75) is 33.6 Å². The third-order valence-corrected chi connectivity index (χ3v) is 4.60. The molecule has 2 aliphatic rings. The lowest BCUT2D eigenvalue weighted by atomic mass is 9.86. The van der Waals surface area contributed by atoms with Crippen molar-refractivity contribution in [2.75, 3.05) is 37.7 Å². The highest BCUT2D eigenvalue weighted by molar-refractivity contribution is 5.99. The number of ether oxygens (including phenoxy) is 1. The molecule has 1 aromatic heterocycles. The van der Waals surface area contributed by atoms with Crippen LogP contribution in [0.5, 0.6) is 0 Å². The van der Waals surface area contributed by atoms with E-state index >= 15 is 0 Å². The molecule has 1 aliphatic carbocycles. The maximum absolute atomic E-state index is 12.2. The lowest BCUT2D eigenvalue weighted by molar-refractivity contribution is 0.0949. The van der Waals surface area contributed by atoms with Gasteiger partial charge in [-0.3, -0.25) is 4.79 Å².